The number of hydrogen-bond donors (Lipinski definition) is 4. The Labute approximate surface area is 224 Å². The lowest BCUT2D eigenvalue weighted by molar-refractivity contribution is 0.0686. The van der Waals surface area contributed by atoms with Crippen molar-refractivity contribution in [3.63, 3.8) is 0 Å². The van der Waals surface area contributed by atoms with E-state index in [4.69, 9.17) is 4.74 Å². The van der Waals surface area contributed by atoms with Crippen molar-refractivity contribution >= 4 is 18.4 Å². The number of rotatable bonds is 10. The van der Waals surface area contributed by atoms with Crippen LogP contribution in [0.15, 0.2) is 66.7 Å². The largest absolute Gasteiger partial charge is 0.508 e. The molecule has 3 aromatic carbocycles. The molecule has 0 heterocycles. The highest BCUT2D eigenvalue weighted by atomic mass is 35.5. The number of hydrogen-bond acceptors (Lipinski definition) is 5. The maximum Gasteiger partial charge on any atom is 0.339 e. The lowest BCUT2D eigenvalue weighted by atomic mass is 9.97. The summed E-state index contributed by atoms with van der Waals surface area (Å²) in [5, 5.41) is 32.9. The van der Waals surface area contributed by atoms with Gasteiger partial charge in [-0.25, -0.2) is 4.79 Å². The summed E-state index contributed by atoms with van der Waals surface area (Å²) in [5.41, 5.74) is 4.07. The van der Waals surface area contributed by atoms with Crippen molar-refractivity contribution in [2.45, 2.75) is 63.7 Å². The van der Waals surface area contributed by atoms with Crippen LogP contribution in [0.25, 0.3) is 11.1 Å². The number of phenolic OH excluding ortho intramolecular Hbond substituents is 1. The summed E-state index contributed by atoms with van der Waals surface area (Å²) in [6.45, 7) is 2.65. The molecule has 0 amide bonds. The van der Waals surface area contributed by atoms with E-state index >= 15 is 0 Å². The molecule has 1 fully saturated rings. The summed E-state index contributed by atoms with van der Waals surface area (Å²) < 4.78 is 6.14. The van der Waals surface area contributed by atoms with Gasteiger partial charge in [-0.1, -0.05) is 48.9 Å². The second-order valence-corrected chi connectivity index (χ2v) is 9.62. The predicted molar refractivity (Wildman–Crippen MR) is 148 cm³/mol. The number of carboxylic acid groups (broad SMARTS) is 1. The molecule has 0 bridgehead atoms. The third-order valence-corrected chi connectivity index (χ3v) is 6.93. The molecule has 7 heteroatoms. The topological polar surface area (TPSA) is 99.0 Å². The minimum absolute atomic E-state index is 0. The summed E-state index contributed by atoms with van der Waals surface area (Å²) in [6, 6.07) is 20.0. The van der Waals surface area contributed by atoms with Gasteiger partial charge in [0.15, 0.2) is 0 Å². The van der Waals surface area contributed by atoms with Crippen LogP contribution < -0.4 is 10.1 Å². The fraction of sp³-hybridized carbons (Fsp3) is 0.367. The minimum Gasteiger partial charge on any atom is -0.508 e. The monoisotopic (exact) mass is 525 g/mol. The number of carbonyl (C=O) groups is 1. The zero-order chi connectivity index (χ0) is 25.5. The molecule has 4 N–H and O–H groups in total. The van der Waals surface area contributed by atoms with Gasteiger partial charge < -0.3 is 25.4 Å². The Balaban J connectivity index is 0.00000380. The first-order valence-electron chi connectivity index (χ1n) is 12.7. The molecule has 4 rings (SSSR count). The van der Waals surface area contributed by atoms with Crippen molar-refractivity contribution in [2.75, 3.05) is 6.54 Å². The van der Waals surface area contributed by atoms with E-state index in [-0.39, 0.29) is 35.9 Å². The Kier molecular flexibility index (Phi) is 10.4. The Morgan fingerprint density at radius 1 is 0.973 bits per heavy atom. The van der Waals surface area contributed by atoms with E-state index in [1.165, 1.54) is 12.0 Å². The number of aliphatic hydroxyl groups is 1. The molecule has 1 aliphatic rings. The predicted octanol–water partition coefficient (Wildman–Crippen LogP) is 6.14. The molecule has 0 radical (unpaired) electrons. The second-order valence-electron chi connectivity index (χ2n) is 9.62. The molecule has 3 aromatic rings. The zero-order valence-corrected chi connectivity index (χ0v) is 21.9. The average Bonchev–Trinajstić information content (AvgIpc) is 2.89. The van der Waals surface area contributed by atoms with Crippen molar-refractivity contribution in [3.05, 3.63) is 83.4 Å². The van der Waals surface area contributed by atoms with Gasteiger partial charge in [0.05, 0.1) is 12.2 Å². The Hall–Kier alpha value is -3.06. The number of aromatic hydroxyl groups is 1. The summed E-state index contributed by atoms with van der Waals surface area (Å²) in [4.78, 5) is 11.7. The number of halogens is 1. The molecule has 0 saturated heterocycles. The zero-order valence-electron chi connectivity index (χ0n) is 21.1. The van der Waals surface area contributed by atoms with Crippen molar-refractivity contribution in [1.82, 2.24) is 5.32 Å². The second kappa shape index (κ2) is 13.5. The molecule has 0 unspecified atom stereocenters. The normalized spacial score (nSPS) is 15.4. The number of aliphatic hydroxyl groups excluding tert-OH is 1. The van der Waals surface area contributed by atoms with Crippen molar-refractivity contribution in [3.8, 4) is 22.6 Å². The molecule has 37 heavy (non-hydrogen) atoms. The molecular formula is C30H36ClNO5. The highest BCUT2D eigenvalue weighted by Gasteiger charge is 2.20. The van der Waals surface area contributed by atoms with Crippen LogP contribution in [-0.4, -0.2) is 40.0 Å². The first-order valence-corrected chi connectivity index (χ1v) is 12.7. The van der Waals surface area contributed by atoms with Gasteiger partial charge in [-0.2, -0.15) is 0 Å². The third kappa shape index (κ3) is 7.71. The van der Waals surface area contributed by atoms with Gasteiger partial charge in [-0.3, -0.25) is 0 Å². The highest BCUT2D eigenvalue weighted by molar-refractivity contribution is 5.92. The molecule has 1 saturated carbocycles. The fourth-order valence-electron chi connectivity index (χ4n) is 4.72. The van der Waals surface area contributed by atoms with E-state index in [0.717, 1.165) is 48.8 Å². The van der Waals surface area contributed by atoms with Crippen molar-refractivity contribution < 1.29 is 24.9 Å². The van der Waals surface area contributed by atoms with Gasteiger partial charge in [0, 0.05) is 6.04 Å². The summed E-state index contributed by atoms with van der Waals surface area (Å²) in [6.07, 6.45) is 5.62. The van der Waals surface area contributed by atoms with E-state index < -0.39 is 12.1 Å². The van der Waals surface area contributed by atoms with E-state index in [1.54, 1.807) is 30.3 Å². The average molecular weight is 526 g/mol. The van der Waals surface area contributed by atoms with Crippen molar-refractivity contribution in [2.24, 2.45) is 0 Å². The highest BCUT2D eigenvalue weighted by Crippen LogP contribution is 2.31. The van der Waals surface area contributed by atoms with Gasteiger partial charge >= 0.3 is 5.97 Å². The van der Waals surface area contributed by atoms with Gasteiger partial charge in [-0.05, 0) is 92.1 Å². The van der Waals surface area contributed by atoms with Gasteiger partial charge in [-0.15, -0.1) is 12.4 Å². The van der Waals surface area contributed by atoms with Crippen LogP contribution in [0.4, 0.5) is 0 Å². The number of phenols is 1. The van der Waals surface area contributed by atoms with Gasteiger partial charge in [0.1, 0.15) is 17.1 Å². The van der Waals surface area contributed by atoms with Crippen LogP contribution in [0.2, 0.25) is 0 Å². The first kappa shape index (κ1) is 28.5. The maximum absolute atomic E-state index is 11.7. The fourth-order valence-corrected chi connectivity index (χ4v) is 4.72. The number of carboxylic acids is 1. The van der Waals surface area contributed by atoms with E-state index in [1.807, 2.05) is 31.2 Å². The quantitative estimate of drug-likeness (QED) is 0.253. The standard InChI is InChI=1S/C30H35NO5.ClH/c1-20(29(33)23-11-14-25(32)15-12-23)31-18-17-21-7-9-22(10-8-21)24-13-16-27(30(34)35)28(19-24)36-26-5-3-2-4-6-26;/h7-16,19-20,26,29,31-33H,2-6,17-18H2,1H3,(H,34,35);1H/t20-,29+;/m0./s1. The van der Waals surface area contributed by atoms with Gasteiger partial charge in [0.2, 0.25) is 0 Å². The lowest BCUT2D eigenvalue weighted by Gasteiger charge is -2.24. The van der Waals surface area contributed by atoms with E-state index in [2.05, 4.69) is 17.4 Å². The van der Waals surface area contributed by atoms with Crippen LogP contribution >= 0.6 is 12.4 Å². The van der Waals surface area contributed by atoms with Crippen LogP contribution in [0, 0.1) is 0 Å². The summed E-state index contributed by atoms with van der Waals surface area (Å²) in [7, 11) is 0. The molecule has 0 spiro atoms. The first-order chi connectivity index (χ1) is 17.4. The van der Waals surface area contributed by atoms with Crippen LogP contribution in [0.5, 0.6) is 11.5 Å². The molecule has 2 atom stereocenters. The Morgan fingerprint density at radius 2 is 1.62 bits per heavy atom. The summed E-state index contributed by atoms with van der Waals surface area (Å²) in [5.74, 6) is -0.345. The van der Waals surface area contributed by atoms with Crippen LogP contribution in [0.1, 0.15) is 66.6 Å². The van der Waals surface area contributed by atoms with Crippen LogP contribution in [0.3, 0.4) is 0 Å². The SMILES string of the molecule is C[C@H](NCCc1ccc(-c2ccc(C(=O)O)c(OC3CCCCC3)c2)cc1)[C@@H](O)c1ccc(O)cc1.Cl. The van der Waals surface area contributed by atoms with E-state index in [9.17, 15) is 20.1 Å². The number of aromatic carboxylic acids is 1. The third-order valence-electron chi connectivity index (χ3n) is 6.93. The van der Waals surface area contributed by atoms with E-state index in [0.29, 0.717) is 12.3 Å². The molecule has 6 nitrogen and oxygen atoms in total. The maximum atomic E-state index is 11.7. The van der Waals surface area contributed by atoms with Gasteiger partial charge in [0.25, 0.3) is 0 Å². The lowest BCUT2D eigenvalue weighted by Crippen LogP contribution is -2.33. The molecule has 0 aromatic heterocycles. The number of ether oxygens (including phenoxy) is 1. The molecule has 1 aliphatic carbocycles. The van der Waals surface area contributed by atoms with Crippen LogP contribution in [-0.2, 0) is 6.42 Å². The molecular weight excluding hydrogens is 490 g/mol. The Bertz CT molecular complexity index is 1140. The Morgan fingerprint density at radius 3 is 2.27 bits per heavy atom. The minimum atomic E-state index is -0.972. The molecule has 0 aliphatic heterocycles. The smallest absolute Gasteiger partial charge is 0.339 e. The number of nitrogens with one attached hydrogen (secondary N) is 1. The summed E-state index contributed by atoms with van der Waals surface area (Å²) >= 11 is 0. The molecule has 198 valence electrons. The van der Waals surface area contributed by atoms with Crippen molar-refractivity contribution in [1.29, 1.82) is 0 Å². The number of benzene rings is 3.